The van der Waals surface area contributed by atoms with E-state index in [2.05, 4.69) is 5.16 Å². The molecule has 0 aromatic heterocycles. The Balaban J connectivity index is 2.05. The summed E-state index contributed by atoms with van der Waals surface area (Å²) < 4.78 is 11.2. The predicted molar refractivity (Wildman–Crippen MR) is 64.9 cm³/mol. The molecule has 17 heavy (non-hydrogen) atoms. The maximum Gasteiger partial charge on any atom is 0.122 e. The summed E-state index contributed by atoms with van der Waals surface area (Å²) in [5, 5.41) is 11.9. The highest BCUT2D eigenvalue weighted by Gasteiger charge is 2.15. The molecule has 1 aliphatic rings. The molecule has 1 fully saturated rings. The quantitative estimate of drug-likeness (QED) is 0.497. The van der Waals surface area contributed by atoms with Gasteiger partial charge in [0.15, 0.2) is 0 Å². The van der Waals surface area contributed by atoms with E-state index < -0.39 is 0 Å². The Labute approximate surface area is 101 Å². The highest BCUT2D eigenvalue weighted by atomic mass is 16.5. The van der Waals surface area contributed by atoms with Gasteiger partial charge in [0.1, 0.15) is 11.9 Å². The molecule has 1 saturated heterocycles. The monoisotopic (exact) mass is 235 g/mol. The van der Waals surface area contributed by atoms with Gasteiger partial charge in [0.05, 0.1) is 12.3 Å². The van der Waals surface area contributed by atoms with E-state index in [4.69, 9.17) is 14.7 Å². The van der Waals surface area contributed by atoms with Crippen LogP contribution in [0.25, 0.3) is 0 Å². The first kappa shape index (κ1) is 11.9. The van der Waals surface area contributed by atoms with Gasteiger partial charge in [-0.2, -0.15) is 0 Å². The van der Waals surface area contributed by atoms with Crippen LogP contribution in [0, 0.1) is 0 Å². The fourth-order valence-corrected chi connectivity index (χ4v) is 1.85. The van der Waals surface area contributed by atoms with Crippen LogP contribution in [0.15, 0.2) is 29.4 Å². The average Bonchev–Trinajstić information content (AvgIpc) is 2.39. The van der Waals surface area contributed by atoms with Crippen LogP contribution in [0.5, 0.6) is 5.75 Å². The number of hydrogen-bond acceptors (Lipinski definition) is 4. The van der Waals surface area contributed by atoms with E-state index in [0.717, 1.165) is 30.8 Å². The molecule has 0 spiro atoms. The molecule has 1 aromatic rings. The van der Waals surface area contributed by atoms with Crippen LogP contribution in [0.3, 0.4) is 0 Å². The third kappa shape index (κ3) is 3.20. The lowest BCUT2D eigenvalue weighted by Crippen LogP contribution is -2.28. The van der Waals surface area contributed by atoms with Gasteiger partial charge in [-0.3, -0.25) is 0 Å². The van der Waals surface area contributed by atoms with Gasteiger partial charge in [-0.15, -0.1) is 0 Å². The second-order valence-electron chi connectivity index (χ2n) is 4.17. The summed E-state index contributed by atoms with van der Waals surface area (Å²) in [5.74, 6) is 0.793. The van der Waals surface area contributed by atoms with E-state index in [-0.39, 0.29) is 6.10 Å². The zero-order valence-corrected chi connectivity index (χ0v) is 9.93. The van der Waals surface area contributed by atoms with Crippen molar-refractivity contribution < 1.29 is 14.7 Å². The fourth-order valence-electron chi connectivity index (χ4n) is 1.85. The molecule has 1 aliphatic heterocycles. The Morgan fingerprint density at radius 3 is 3.12 bits per heavy atom. The normalized spacial score (nSPS) is 21.2. The van der Waals surface area contributed by atoms with E-state index in [9.17, 15) is 0 Å². The number of ether oxygens (including phenoxy) is 2. The van der Waals surface area contributed by atoms with Crippen LogP contribution in [0.4, 0.5) is 0 Å². The standard InChI is InChI=1S/C13H17NO3/c1-10(14-15)11-4-2-5-12(8-11)17-13-6-3-7-16-9-13/h2,4-5,8,13,15H,3,6-7,9H2,1H3/b14-10-. The van der Waals surface area contributed by atoms with E-state index in [1.165, 1.54) is 0 Å². The molecule has 0 radical (unpaired) electrons. The van der Waals surface area contributed by atoms with Crippen molar-refractivity contribution in [2.75, 3.05) is 13.2 Å². The molecular formula is C13H17NO3. The smallest absolute Gasteiger partial charge is 0.122 e. The largest absolute Gasteiger partial charge is 0.488 e. The van der Waals surface area contributed by atoms with Crippen LogP contribution in [0.2, 0.25) is 0 Å². The summed E-state index contributed by atoms with van der Waals surface area (Å²) in [5.41, 5.74) is 1.44. The SMILES string of the molecule is C/C(=N/O)c1cccc(OC2CCCOC2)c1. The van der Waals surface area contributed by atoms with Crippen molar-refractivity contribution in [3.8, 4) is 5.75 Å². The minimum absolute atomic E-state index is 0.130. The molecule has 1 aromatic carbocycles. The Bertz CT molecular complexity index is 397. The maximum absolute atomic E-state index is 8.73. The summed E-state index contributed by atoms with van der Waals surface area (Å²) in [6.45, 7) is 3.23. The van der Waals surface area contributed by atoms with Crippen LogP contribution < -0.4 is 4.74 Å². The number of benzene rings is 1. The molecule has 0 amide bonds. The molecule has 0 bridgehead atoms. The molecule has 4 nitrogen and oxygen atoms in total. The average molecular weight is 235 g/mol. The topological polar surface area (TPSA) is 51.1 Å². The summed E-state index contributed by atoms with van der Waals surface area (Å²) in [7, 11) is 0. The molecule has 92 valence electrons. The highest BCUT2D eigenvalue weighted by Crippen LogP contribution is 2.19. The third-order valence-corrected chi connectivity index (χ3v) is 2.82. The van der Waals surface area contributed by atoms with Crippen molar-refractivity contribution in [2.24, 2.45) is 5.16 Å². The number of nitrogens with zero attached hydrogens (tertiary/aromatic N) is 1. The van der Waals surface area contributed by atoms with Gasteiger partial charge in [0.2, 0.25) is 0 Å². The number of hydrogen-bond donors (Lipinski definition) is 1. The van der Waals surface area contributed by atoms with Crippen LogP contribution in [0.1, 0.15) is 25.3 Å². The molecular weight excluding hydrogens is 218 g/mol. The second kappa shape index (κ2) is 5.68. The summed E-state index contributed by atoms with van der Waals surface area (Å²) in [6, 6.07) is 7.56. The molecule has 1 atom stereocenters. The van der Waals surface area contributed by atoms with E-state index in [1.807, 2.05) is 24.3 Å². The molecule has 4 heteroatoms. The first-order valence-corrected chi connectivity index (χ1v) is 5.83. The van der Waals surface area contributed by atoms with Gasteiger partial charge < -0.3 is 14.7 Å². The molecule has 2 rings (SSSR count). The lowest BCUT2D eigenvalue weighted by atomic mass is 10.1. The number of oxime groups is 1. The Morgan fingerprint density at radius 2 is 2.41 bits per heavy atom. The molecule has 0 aliphatic carbocycles. The van der Waals surface area contributed by atoms with Gasteiger partial charge in [-0.05, 0) is 31.9 Å². The lowest BCUT2D eigenvalue weighted by molar-refractivity contribution is 0.00742. The van der Waals surface area contributed by atoms with Crippen molar-refractivity contribution in [1.82, 2.24) is 0 Å². The predicted octanol–water partition coefficient (Wildman–Crippen LogP) is 2.44. The Morgan fingerprint density at radius 1 is 1.53 bits per heavy atom. The van der Waals surface area contributed by atoms with Crippen LogP contribution in [-0.2, 0) is 4.74 Å². The van der Waals surface area contributed by atoms with Crippen molar-refractivity contribution >= 4 is 5.71 Å². The van der Waals surface area contributed by atoms with Gasteiger partial charge in [-0.25, -0.2) is 0 Å². The van der Waals surface area contributed by atoms with Crippen molar-refractivity contribution in [3.05, 3.63) is 29.8 Å². The summed E-state index contributed by atoms with van der Waals surface area (Å²) in [6.07, 6.45) is 2.20. The zero-order valence-electron chi connectivity index (χ0n) is 9.93. The maximum atomic E-state index is 8.73. The van der Waals surface area contributed by atoms with Crippen molar-refractivity contribution in [1.29, 1.82) is 0 Å². The van der Waals surface area contributed by atoms with Gasteiger partial charge in [0, 0.05) is 12.2 Å². The van der Waals surface area contributed by atoms with E-state index >= 15 is 0 Å². The van der Waals surface area contributed by atoms with Crippen LogP contribution in [-0.4, -0.2) is 30.2 Å². The fraction of sp³-hybridized carbons (Fsp3) is 0.462. The Hall–Kier alpha value is -1.55. The first-order valence-electron chi connectivity index (χ1n) is 5.83. The minimum atomic E-state index is 0.130. The zero-order chi connectivity index (χ0) is 12.1. The van der Waals surface area contributed by atoms with Crippen molar-refractivity contribution in [2.45, 2.75) is 25.9 Å². The summed E-state index contributed by atoms with van der Waals surface area (Å²) in [4.78, 5) is 0. The minimum Gasteiger partial charge on any atom is -0.488 e. The molecule has 0 saturated carbocycles. The lowest BCUT2D eigenvalue weighted by Gasteiger charge is -2.23. The third-order valence-electron chi connectivity index (χ3n) is 2.82. The highest BCUT2D eigenvalue weighted by molar-refractivity contribution is 5.98. The molecule has 1 heterocycles. The first-order chi connectivity index (χ1) is 8.29. The van der Waals surface area contributed by atoms with E-state index in [1.54, 1.807) is 6.92 Å². The second-order valence-corrected chi connectivity index (χ2v) is 4.17. The molecule has 1 unspecified atom stereocenters. The van der Waals surface area contributed by atoms with Gasteiger partial charge in [-0.1, -0.05) is 17.3 Å². The van der Waals surface area contributed by atoms with Crippen molar-refractivity contribution in [3.63, 3.8) is 0 Å². The van der Waals surface area contributed by atoms with E-state index in [0.29, 0.717) is 12.3 Å². The molecule has 1 N–H and O–H groups in total. The van der Waals surface area contributed by atoms with Gasteiger partial charge >= 0.3 is 0 Å². The van der Waals surface area contributed by atoms with Crippen LogP contribution >= 0.6 is 0 Å². The number of rotatable bonds is 3. The summed E-state index contributed by atoms with van der Waals surface area (Å²) >= 11 is 0. The Kier molecular flexibility index (Phi) is 3.98. The van der Waals surface area contributed by atoms with Gasteiger partial charge in [0.25, 0.3) is 0 Å².